The van der Waals surface area contributed by atoms with Gasteiger partial charge in [-0.1, -0.05) is 21.1 Å². The number of aromatic nitrogens is 1. The van der Waals surface area contributed by atoms with E-state index in [1.165, 1.54) is 24.5 Å². The van der Waals surface area contributed by atoms with E-state index in [9.17, 15) is 8.42 Å². The molecule has 26 heavy (non-hydrogen) atoms. The van der Waals surface area contributed by atoms with Crippen LogP contribution >= 0.6 is 15.9 Å². The number of hydrogen-bond acceptors (Lipinski definition) is 6. The highest BCUT2D eigenvalue weighted by atomic mass is 79.9. The number of rotatable bonds is 5. The molecule has 0 atom stereocenters. The number of halogens is 1. The quantitative estimate of drug-likeness (QED) is 0.650. The van der Waals surface area contributed by atoms with Gasteiger partial charge in [-0.15, -0.1) is 0 Å². The molecule has 2 aromatic carbocycles. The predicted molar refractivity (Wildman–Crippen MR) is 105 cm³/mol. The lowest BCUT2D eigenvalue weighted by atomic mass is 10.1. The molecule has 0 aliphatic rings. The van der Waals surface area contributed by atoms with Crippen molar-refractivity contribution >= 4 is 48.3 Å². The van der Waals surface area contributed by atoms with Crippen LogP contribution in [0, 0.1) is 6.92 Å². The highest BCUT2D eigenvalue weighted by molar-refractivity contribution is 9.10. The molecule has 0 aliphatic carbocycles. The van der Waals surface area contributed by atoms with Crippen LogP contribution in [0.4, 0.5) is 11.4 Å². The molecule has 0 spiro atoms. The van der Waals surface area contributed by atoms with Gasteiger partial charge in [-0.2, -0.15) is 0 Å². The maximum absolute atomic E-state index is 13.3. The Morgan fingerprint density at radius 1 is 1.27 bits per heavy atom. The molecule has 7 nitrogen and oxygen atoms in total. The van der Waals surface area contributed by atoms with Crippen molar-refractivity contribution in [2.24, 2.45) is 0 Å². The number of sulfonamides is 1. The van der Waals surface area contributed by atoms with Gasteiger partial charge >= 0.3 is 0 Å². The van der Waals surface area contributed by atoms with E-state index in [-0.39, 0.29) is 10.6 Å². The van der Waals surface area contributed by atoms with Gasteiger partial charge in [0, 0.05) is 30.0 Å². The van der Waals surface area contributed by atoms with Gasteiger partial charge in [0.15, 0.2) is 5.58 Å². The molecule has 0 fully saturated rings. The summed E-state index contributed by atoms with van der Waals surface area (Å²) in [5, 5.41) is 7.69. The van der Waals surface area contributed by atoms with E-state index in [0.29, 0.717) is 27.1 Å². The van der Waals surface area contributed by atoms with Crippen molar-refractivity contribution in [3.05, 3.63) is 40.5 Å². The van der Waals surface area contributed by atoms with E-state index < -0.39 is 10.0 Å². The standard InChI is InChI=1S/C17H18BrN3O4S/c1-10-12-8-14(13(19-2)9-16(12)25-20-10)21(3)26(22,23)17-7-11(18)5-6-15(17)24-4/h5-9,19H,1-4H3. The smallest absolute Gasteiger partial charge is 0.267 e. The molecule has 0 aliphatic heterocycles. The van der Waals surface area contributed by atoms with Gasteiger partial charge in [-0.3, -0.25) is 4.31 Å². The first kappa shape index (κ1) is 18.5. The number of ether oxygens (including phenoxy) is 1. The Hall–Kier alpha value is -2.26. The normalized spacial score (nSPS) is 11.6. The van der Waals surface area contributed by atoms with Gasteiger partial charge in [0.05, 0.1) is 24.2 Å². The van der Waals surface area contributed by atoms with Crippen LogP contribution in [0.2, 0.25) is 0 Å². The monoisotopic (exact) mass is 439 g/mol. The van der Waals surface area contributed by atoms with Crippen LogP contribution in [0.25, 0.3) is 11.0 Å². The lowest BCUT2D eigenvalue weighted by Crippen LogP contribution is -2.27. The molecule has 0 bridgehead atoms. The second-order valence-corrected chi connectivity index (χ2v) is 8.50. The summed E-state index contributed by atoms with van der Waals surface area (Å²) in [5.74, 6) is 0.272. The SMILES string of the molecule is CNc1cc2onc(C)c2cc1N(C)S(=O)(=O)c1cc(Br)ccc1OC. The van der Waals surface area contributed by atoms with Crippen LogP contribution in [0.15, 0.2) is 44.2 Å². The molecule has 0 amide bonds. The van der Waals surface area contributed by atoms with Crippen LogP contribution in [0.3, 0.4) is 0 Å². The topological polar surface area (TPSA) is 84.7 Å². The number of benzene rings is 2. The van der Waals surface area contributed by atoms with Crippen LogP contribution in [0.5, 0.6) is 5.75 Å². The Labute approximate surface area is 160 Å². The third-order valence-corrected chi connectivity index (χ3v) is 6.43. The molecule has 1 aromatic heterocycles. The summed E-state index contributed by atoms with van der Waals surface area (Å²) < 4.78 is 38.9. The first-order valence-corrected chi connectivity index (χ1v) is 9.93. The number of methoxy groups -OCH3 is 1. The molecule has 9 heteroatoms. The van der Waals surface area contributed by atoms with E-state index in [1.807, 2.05) is 0 Å². The molecule has 3 aromatic rings. The lowest BCUT2D eigenvalue weighted by molar-refractivity contribution is 0.402. The number of fused-ring (bicyclic) bond motifs is 1. The highest BCUT2D eigenvalue weighted by Crippen LogP contribution is 2.37. The Kier molecular flexibility index (Phi) is 4.85. The summed E-state index contributed by atoms with van der Waals surface area (Å²) in [6, 6.07) is 8.33. The molecular weight excluding hydrogens is 422 g/mol. The van der Waals surface area contributed by atoms with Crippen LogP contribution in [-0.4, -0.2) is 34.8 Å². The number of nitrogens with zero attached hydrogens (tertiary/aromatic N) is 2. The first-order valence-electron chi connectivity index (χ1n) is 7.70. The predicted octanol–water partition coefficient (Wildman–Crippen LogP) is 3.77. The van der Waals surface area contributed by atoms with Gasteiger partial charge in [-0.25, -0.2) is 8.42 Å². The van der Waals surface area contributed by atoms with Crippen LogP contribution < -0.4 is 14.4 Å². The largest absolute Gasteiger partial charge is 0.495 e. The van der Waals surface area contributed by atoms with Crippen molar-refractivity contribution in [1.29, 1.82) is 0 Å². The van der Waals surface area contributed by atoms with E-state index in [4.69, 9.17) is 9.26 Å². The molecule has 1 heterocycles. The molecule has 0 saturated heterocycles. The fourth-order valence-corrected chi connectivity index (χ4v) is 4.58. The summed E-state index contributed by atoms with van der Waals surface area (Å²) >= 11 is 3.32. The third-order valence-electron chi connectivity index (χ3n) is 4.14. The van der Waals surface area contributed by atoms with Gasteiger partial charge in [0.2, 0.25) is 0 Å². The van der Waals surface area contributed by atoms with Gasteiger partial charge in [0.25, 0.3) is 10.0 Å². The highest BCUT2D eigenvalue weighted by Gasteiger charge is 2.28. The fourth-order valence-electron chi connectivity index (χ4n) is 2.68. The van der Waals surface area contributed by atoms with E-state index in [1.54, 1.807) is 38.2 Å². The summed E-state index contributed by atoms with van der Waals surface area (Å²) in [4.78, 5) is 0.0704. The minimum Gasteiger partial charge on any atom is -0.495 e. The van der Waals surface area contributed by atoms with Gasteiger partial charge in [-0.05, 0) is 31.2 Å². The number of nitrogens with one attached hydrogen (secondary N) is 1. The van der Waals surface area contributed by atoms with Gasteiger partial charge in [0.1, 0.15) is 10.6 Å². The lowest BCUT2D eigenvalue weighted by Gasteiger charge is -2.23. The summed E-state index contributed by atoms with van der Waals surface area (Å²) in [6.45, 7) is 1.81. The zero-order chi connectivity index (χ0) is 19.1. The number of anilines is 2. The van der Waals surface area contributed by atoms with Crippen molar-refractivity contribution in [1.82, 2.24) is 5.16 Å². The summed E-state index contributed by atoms with van der Waals surface area (Å²) in [5.41, 5.74) is 2.36. The van der Waals surface area contributed by atoms with Crippen molar-refractivity contribution in [3.63, 3.8) is 0 Å². The average molecular weight is 440 g/mol. The van der Waals surface area contributed by atoms with Gasteiger partial charge < -0.3 is 14.6 Å². The Bertz CT molecular complexity index is 1080. The maximum atomic E-state index is 13.3. The van der Waals surface area contributed by atoms with Crippen molar-refractivity contribution in [3.8, 4) is 5.75 Å². The van der Waals surface area contributed by atoms with Crippen LogP contribution in [-0.2, 0) is 10.0 Å². The zero-order valence-corrected chi connectivity index (χ0v) is 17.1. The molecule has 138 valence electrons. The Morgan fingerprint density at radius 3 is 2.65 bits per heavy atom. The molecule has 0 saturated carbocycles. The number of aryl methyl sites for hydroxylation is 1. The maximum Gasteiger partial charge on any atom is 0.267 e. The minimum atomic E-state index is -3.87. The Morgan fingerprint density at radius 2 is 2.00 bits per heavy atom. The minimum absolute atomic E-state index is 0.0704. The second-order valence-electron chi connectivity index (χ2n) is 5.65. The molecule has 0 unspecified atom stereocenters. The van der Waals surface area contributed by atoms with Crippen molar-refractivity contribution < 1.29 is 17.7 Å². The number of hydrogen-bond donors (Lipinski definition) is 1. The van der Waals surface area contributed by atoms with Crippen molar-refractivity contribution in [2.75, 3.05) is 30.8 Å². The first-order chi connectivity index (χ1) is 12.3. The van der Waals surface area contributed by atoms with E-state index in [2.05, 4.69) is 26.4 Å². The average Bonchev–Trinajstić information content (AvgIpc) is 3.00. The zero-order valence-electron chi connectivity index (χ0n) is 14.7. The Balaban J connectivity index is 2.19. The molecule has 3 rings (SSSR count). The summed E-state index contributed by atoms with van der Waals surface area (Å²) in [7, 11) is 0.788. The summed E-state index contributed by atoms with van der Waals surface area (Å²) in [6.07, 6.45) is 0. The van der Waals surface area contributed by atoms with E-state index in [0.717, 1.165) is 5.39 Å². The fraction of sp³-hybridized carbons (Fsp3) is 0.235. The second kappa shape index (κ2) is 6.81. The van der Waals surface area contributed by atoms with Crippen molar-refractivity contribution in [2.45, 2.75) is 11.8 Å². The van der Waals surface area contributed by atoms with Crippen LogP contribution in [0.1, 0.15) is 5.69 Å². The third kappa shape index (κ3) is 3.01. The molecule has 0 radical (unpaired) electrons. The van der Waals surface area contributed by atoms with E-state index >= 15 is 0 Å². The molecular formula is C17H18BrN3O4S. The molecule has 1 N–H and O–H groups in total.